The van der Waals surface area contributed by atoms with E-state index in [1.807, 2.05) is 24.7 Å². The fourth-order valence-corrected chi connectivity index (χ4v) is 4.72. The molecule has 2 aromatic heterocycles. The first-order valence-corrected chi connectivity index (χ1v) is 12.1. The Morgan fingerprint density at radius 2 is 1.88 bits per heavy atom. The third kappa shape index (κ3) is 4.49. The predicted octanol–water partition coefficient (Wildman–Crippen LogP) is 4.50. The van der Waals surface area contributed by atoms with Crippen molar-refractivity contribution < 1.29 is 14.3 Å². The number of pyridine rings is 1. The van der Waals surface area contributed by atoms with Crippen molar-refractivity contribution in [3.63, 3.8) is 0 Å². The molecule has 8 heteroatoms. The number of amides is 1. The number of carbonyl (C=O) groups is 2. The first-order valence-electron chi connectivity index (χ1n) is 12.1. The second-order valence-corrected chi connectivity index (χ2v) is 9.71. The monoisotopic (exact) mass is 462 g/mol. The van der Waals surface area contributed by atoms with E-state index in [1.165, 1.54) is 0 Å². The van der Waals surface area contributed by atoms with Crippen LogP contribution in [0.4, 0.5) is 5.69 Å². The molecule has 1 aromatic carbocycles. The molecule has 0 saturated heterocycles. The molecule has 34 heavy (non-hydrogen) atoms. The molecule has 2 fully saturated rings. The second-order valence-electron chi connectivity index (χ2n) is 9.71. The van der Waals surface area contributed by atoms with Crippen molar-refractivity contribution in [2.75, 3.05) is 5.32 Å². The summed E-state index contributed by atoms with van der Waals surface area (Å²) in [5, 5.41) is 8.39. The van der Waals surface area contributed by atoms with Gasteiger partial charge < -0.3 is 19.4 Å². The first-order chi connectivity index (χ1) is 16.4. The number of fused-ring (bicyclic) bond motifs is 1. The number of aldehydes is 1. The van der Waals surface area contributed by atoms with Gasteiger partial charge in [-0.05, 0) is 70.6 Å². The lowest BCUT2D eigenvalue weighted by Crippen LogP contribution is -2.25. The van der Waals surface area contributed by atoms with Crippen LogP contribution in [0.3, 0.4) is 0 Å². The van der Waals surface area contributed by atoms with Crippen LogP contribution in [0.1, 0.15) is 74.8 Å². The molecule has 0 bridgehead atoms. The molecule has 178 valence electrons. The largest absolute Gasteiger partial charge is 0.490 e. The summed E-state index contributed by atoms with van der Waals surface area (Å²) in [6, 6.07) is 7.46. The Hall–Kier alpha value is -3.42. The lowest BCUT2D eigenvalue weighted by atomic mass is 9.87. The van der Waals surface area contributed by atoms with Gasteiger partial charge in [0.2, 0.25) is 0 Å². The Bertz CT molecular complexity index is 1280. The Labute approximate surface area is 197 Å². The molecule has 8 nitrogen and oxygen atoms in total. The van der Waals surface area contributed by atoms with Crippen LogP contribution in [0.2, 0.25) is 0 Å². The van der Waals surface area contributed by atoms with Gasteiger partial charge in [-0.1, -0.05) is 0 Å². The highest BCUT2D eigenvalue weighted by atomic mass is 16.5. The molecule has 0 unspecified atom stereocenters. The standard InChI is InChI=1S/C26H30N4O4/c1-16(2)34-24-13-23-18(14-30(28-23)20-7-5-17(15-31)6-8-20)12-21(24)25(32)27-22-4-3-11-29(26(22)33)19-9-10-19/h3-4,11-17,19-20H,5-10H2,1-2H3,(H,27,32). The zero-order valence-corrected chi connectivity index (χ0v) is 19.6. The molecule has 2 aliphatic carbocycles. The second kappa shape index (κ2) is 9.08. The van der Waals surface area contributed by atoms with E-state index in [1.54, 1.807) is 35.0 Å². The molecular weight excluding hydrogens is 432 g/mol. The fourth-order valence-electron chi connectivity index (χ4n) is 4.72. The number of benzene rings is 1. The molecular formula is C26H30N4O4. The van der Waals surface area contributed by atoms with Crippen LogP contribution >= 0.6 is 0 Å². The summed E-state index contributed by atoms with van der Waals surface area (Å²) >= 11 is 0. The van der Waals surface area contributed by atoms with Gasteiger partial charge in [-0.2, -0.15) is 5.10 Å². The molecule has 2 saturated carbocycles. The van der Waals surface area contributed by atoms with Crippen molar-refractivity contribution in [3.8, 4) is 5.75 Å². The smallest absolute Gasteiger partial charge is 0.274 e. The van der Waals surface area contributed by atoms with Crippen LogP contribution in [0.25, 0.3) is 10.9 Å². The first kappa shape index (κ1) is 22.4. The molecule has 3 aromatic rings. The Balaban J connectivity index is 1.45. The predicted molar refractivity (Wildman–Crippen MR) is 129 cm³/mol. The number of rotatable bonds is 7. The van der Waals surface area contributed by atoms with E-state index in [0.29, 0.717) is 11.3 Å². The Morgan fingerprint density at radius 1 is 1.15 bits per heavy atom. The van der Waals surface area contributed by atoms with Crippen LogP contribution in [0, 0.1) is 5.92 Å². The van der Waals surface area contributed by atoms with E-state index < -0.39 is 0 Å². The lowest BCUT2D eigenvalue weighted by molar-refractivity contribution is -0.112. The number of hydrogen-bond acceptors (Lipinski definition) is 5. The van der Waals surface area contributed by atoms with Gasteiger partial charge in [-0.15, -0.1) is 0 Å². The average molecular weight is 463 g/mol. The summed E-state index contributed by atoms with van der Waals surface area (Å²) in [4.78, 5) is 37.2. The topological polar surface area (TPSA) is 95.2 Å². The number of ether oxygens (including phenoxy) is 1. The zero-order chi connectivity index (χ0) is 23.8. The highest BCUT2D eigenvalue weighted by Gasteiger charge is 2.26. The SMILES string of the molecule is CC(C)Oc1cc2nn(C3CCC(C=O)CC3)cc2cc1C(=O)Nc1cccn(C2CC2)c1=O. The maximum absolute atomic E-state index is 13.3. The normalized spacial score (nSPS) is 20.4. The van der Waals surface area contributed by atoms with Crippen LogP contribution in [0.15, 0.2) is 41.5 Å². The molecule has 2 heterocycles. The average Bonchev–Trinajstić information content (AvgIpc) is 3.58. The highest BCUT2D eigenvalue weighted by Crippen LogP contribution is 2.34. The van der Waals surface area contributed by atoms with Crippen molar-refractivity contribution in [2.24, 2.45) is 5.92 Å². The lowest BCUT2D eigenvalue weighted by Gasteiger charge is -2.25. The summed E-state index contributed by atoms with van der Waals surface area (Å²) in [7, 11) is 0. The minimum Gasteiger partial charge on any atom is -0.490 e. The van der Waals surface area contributed by atoms with Crippen molar-refractivity contribution in [1.82, 2.24) is 14.3 Å². The molecule has 5 rings (SSSR count). The number of hydrogen-bond donors (Lipinski definition) is 1. The van der Waals surface area contributed by atoms with Crippen molar-refractivity contribution in [2.45, 2.75) is 70.6 Å². The third-order valence-corrected chi connectivity index (χ3v) is 6.70. The zero-order valence-electron chi connectivity index (χ0n) is 19.6. The highest BCUT2D eigenvalue weighted by molar-refractivity contribution is 6.08. The van der Waals surface area contributed by atoms with Gasteiger partial charge in [0.25, 0.3) is 11.5 Å². The summed E-state index contributed by atoms with van der Waals surface area (Å²) in [6.45, 7) is 3.81. The van der Waals surface area contributed by atoms with Crippen LogP contribution in [-0.2, 0) is 4.79 Å². The number of carbonyl (C=O) groups excluding carboxylic acids is 2. The Morgan fingerprint density at radius 3 is 2.56 bits per heavy atom. The molecule has 0 spiro atoms. The summed E-state index contributed by atoms with van der Waals surface area (Å²) in [5.41, 5.74) is 1.19. The summed E-state index contributed by atoms with van der Waals surface area (Å²) in [5.74, 6) is 0.195. The van der Waals surface area contributed by atoms with Crippen LogP contribution in [0.5, 0.6) is 5.75 Å². The van der Waals surface area contributed by atoms with E-state index in [4.69, 9.17) is 9.84 Å². The Kier molecular flexibility index (Phi) is 5.98. The van der Waals surface area contributed by atoms with Gasteiger partial charge >= 0.3 is 0 Å². The molecule has 0 radical (unpaired) electrons. The van der Waals surface area contributed by atoms with Gasteiger partial charge in [0.1, 0.15) is 17.7 Å². The van der Waals surface area contributed by atoms with E-state index in [-0.39, 0.29) is 41.3 Å². The summed E-state index contributed by atoms with van der Waals surface area (Å²) < 4.78 is 9.61. The minimum atomic E-state index is -0.387. The molecule has 0 aliphatic heterocycles. The fraction of sp³-hybridized carbons (Fsp3) is 0.462. The van der Waals surface area contributed by atoms with Gasteiger partial charge in [0.05, 0.1) is 23.2 Å². The number of nitrogens with one attached hydrogen (secondary N) is 1. The number of aromatic nitrogens is 3. The van der Waals surface area contributed by atoms with Gasteiger partial charge in [-0.25, -0.2) is 0 Å². The van der Waals surface area contributed by atoms with Gasteiger partial charge in [0, 0.05) is 35.8 Å². The molecule has 0 atom stereocenters. The van der Waals surface area contributed by atoms with E-state index in [2.05, 4.69) is 5.32 Å². The van der Waals surface area contributed by atoms with Crippen molar-refractivity contribution in [1.29, 1.82) is 0 Å². The minimum absolute atomic E-state index is 0.131. The molecule has 1 N–H and O–H groups in total. The van der Waals surface area contributed by atoms with Crippen molar-refractivity contribution >= 4 is 28.8 Å². The molecule has 1 amide bonds. The van der Waals surface area contributed by atoms with Gasteiger partial charge in [-0.3, -0.25) is 14.3 Å². The number of nitrogens with zero attached hydrogens (tertiary/aromatic N) is 3. The maximum atomic E-state index is 13.3. The van der Waals surface area contributed by atoms with Crippen LogP contribution in [-0.4, -0.2) is 32.6 Å². The van der Waals surface area contributed by atoms with E-state index in [9.17, 15) is 14.4 Å². The van der Waals surface area contributed by atoms with Crippen LogP contribution < -0.4 is 15.6 Å². The third-order valence-electron chi connectivity index (χ3n) is 6.70. The molecule has 2 aliphatic rings. The quantitative estimate of drug-likeness (QED) is 0.522. The van der Waals surface area contributed by atoms with E-state index in [0.717, 1.165) is 55.7 Å². The maximum Gasteiger partial charge on any atom is 0.274 e. The van der Waals surface area contributed by atoms with Crippen molar-refractivity contribution in [3.05, 3.63) is 52.6 Å². The number of anilines is 1. The van der Waals surface area contributed by atoms with E-state index >= 15 is 0 Å². The van der Waals surface area contributed by atoms with Gasteiger partial charge in [0.15, 0.2) is 0 Å². The summed E-state index contributed by atoms with van der Waals surface area (Å²) in [6.07, 6.45) is 10.2.